The summed E-state index contributed by atoms with van der Waals surface area (Å²) in [5.41, 5.74) is 1.23. The molecule has 0 fully saturated rings. The number of carbonyl (C=O) groups excluding carboxylic acids is 2. The topological polar surface area (TPSA) is 74.7 Å². The van der Waals surface area contributed by atoms with Gasteiger partial charge in [-0.25, -0.2) is 0 Å². The molecule has 4 rings (SSSR count). The molecule has 5 nitrogen and oxygen atoms in total. The number of fused-ring (bicyclic) bond motifs is 2. The number of carboxylic acid groups (broad SMARTS) is 1. The van der Waals surface area contributed by atoms with Crippen molar-refractivity contribution in [2.24, 2.45) is 0 Å². The van der Waals surface area contributed by atoms with E-state index in [9.17, 15) is 19.5 Å². The van der Waals surface area contributed by atoms with Crippen molar-refractivity contribution in [2.75, 3.05) is 6.54 Å². The van der Waals surface area contributed by atoms with Crippen molar-refractivity contribution in [3.63, 3.8) is 0 Å². The van der Waals surface area contributed by atoms with Crippen LogP contribution in [0.1, 0.15) is 32.2 Å². The Balaban J connectivity index is 1.74. The van der Waals surface area contributed by atoms with Gasteiger partial charge in [0, 0.05) is 6.54 Å². The monoisotopic (exact) mass is 345 g/mol. The Morgan fingerprint density at radius 2 is 1.42 bits per heavy atom. The molecule has 26 heavy (non-hydrogen) atoms. The van der Waals surface area contributed by atoms with E-state index in [1.165, 1.54) is 0 Å². The van der Waals surface area contributed by atoms with Gasteiger partial charge in [-0.2, -0.15) is 0 Å². The molecular formula is C21H15NO4. The highest BCUT2D eigenvalue weighted by Gasteiger charge is 2.38. The SMILES string of the molecule is O=C(O)[C@H](CN1C(=O)c2ccccc2C1=O)c1cccc2ccccc12. The van der Waals surface area contributed by atoms with Gasteiger partial charge in [0.15, 0.2) is 0 Å². The van der Waals surface area contributed by atoms with Crippen LogP contribution in [-0.4, -0.2) is 34.3 Å². The minimum atomic E-state index is -1.07. The van der Waals surface area contributed by atoms with E-state index in [1.54, 1.807) is 36.4 Å². The third kappa shape index (κ3) is 2.45. The second-order valence-electron chi connectivity index (χ2n) is 6.23. The zero-order valence-corrected chi connectivity index (χ0v) is 13.8. The molecule has 5 heteroatoms. The summed E-state index contributed by atoms with van der Waals surface area (Å²) in [6.07, 6.45) is 0. The quantitative estimate of drug-likeness (QED) is 0.736. The molecule has 0 aliphatic carbocycles. The first-order chi connectivity index (χ1) is 12.6. The molecule has 1 heterocycles. The molecule has 1 atom stereocenters. The first kappa shape index (κ1) is 16.0. The third-order valence-electron chi connectivity index (χ3n) is 4.74. The van der Waals surface area contributed by atoms with Crippen molar-refractivity contribution in [1.29, 1.82) is 0 Å². The van der Waals surface area contributed by atoms with Gasteiger partial charge in [0.25, 0.3) is 11.8 Å². The van der Waals surface area contributed by atoms with E-state index in [1.807, 2.05) is 30.3 Å². The lowest BCUT2D eigenvalue weighted by Crippen LogP contribution is -2.36. The van der Waals surface area contributed by atoms with Gasteiger partial charge in [-0.15, -0.1) is 0 Å². The number of carbonyl (C=O) groups is 3. The molecule has 0 aromatic heterocycles. The molecule has 0 unspecified atom stereocenters. The number of rotatable bonds is 4. The van der Waals surface area contributed by atoms with E-state index < -0.39 is 23.7 Å². The van der Waals surface area contributed by atoms with E-state index in [0.717, 1.165) is 15.7 Å². The summed E-state index contributed by atoms with van der Waals surface area (Å²) in [5, 5.41) is 11.5. The van der Waals surface area contributed by atoms with Crippen molar-refractivity contribution in [1.82, 2.24) is 4.90 Å². The molecule has 0 saturated heterocycles. The summed E-state index contributed by atoms with van der Waals surface area (Å²) >= 11 is 0. The Bertz CT molecular complexity index is 1020. The van der Waals surface area contributed by atoms with Crippen LogP contribution in [0.5, 0.6) is 0 Å². The Labute approximate surface area is 149 Å². The number of benzene rings is 3. The smallest absolute Gasteiger partial charge is 0.312 e. The number of carboxylic acids is 1. The first-order valence-electron chi connectivity index (χ1n) is 8.23. The number of aliphatic carboxylic acids is 1. The average molecular weight is 345 g/mol. The van der Waals surface area contributed by atoms with E-state index in [0.29, 0.717) is 16.7 Å². The van der Waals surface area contributed by atoms with Crippen LogP contribution >= 0.6 is 0 Å². The maximum absolute atomic E-state index is 12.6. The fourth-order valence-electron chi connectivity index (χ4n) is 3.45. The largest absolute Gasteiger partial charge is 0.481 e. The van der Waals surface area contributed by atoms with Gasteiger partial charge in [-0.3, -0.25) is 19.3 Å². The van der Waals surface area contributed by atoms with Crippen LogP contribution < -0.4 is 0 Å². The molecule has 3 aromatic rings. The zero-order chi connectivity index (χ0) is 18.3. The molecule has 128 valence electrons. The summed E-state index contributed by atoms with van der Waals surface area (Å²) < 4.78 is 0. The molecule has 0 spiro atoms. The number of amides is 2. The summed E-state index contributed by atoms with van der Waals surface area (Å²) in [7, 11) is 0. The molecule has 0 bridgehead atoms. The second-order valence-corrected chi connectivity index (χ2v) is 6.23. The van der Waals surface area contributed by atoms with E-state index >= 15 is 0 Å². The van der Waals surface area contributed by atoms with Gasteiger partial charge in [-0.1, -0.05) is 54.6 Å². The van der Waals surface area contributed by atoms with Crippen molar-refractivity contribution in [2.45, 2.75) is 5.92 Å². The maximum Gasteiger partial charge on any atom is 0.312 e. The third-order valence-corrected chi connectivity index (χ3v) is 4.74. The summed E-state index contributed by atoms with van der Waals surface area (Å²) in [6.45, 7) is -0.199. The predicted octanol–water partition coefficient (Wildman–Crippen LogP) is 3.30. The minimum absolute atomic E-state index is 0.199. The Kier molecular flexibility index (Phi) is 3.77. The molecule has 1 aliphatic rings. The molecular weight excluding hydrogens is 330 g/mol. The second kappa shape index (κ2) is 6.11. The Morgan fingerprint density at radius 1 is 0.846 bits per heavy atom. The fraction of sp³-hybridized carbons (Fsp3) is 0.0952. The molecule has 1 aliphatic heterocycles. The predicted molar refractivity (Wildman–Crippen MR) is 96.1 cm³/mol. The standard InChI is InChI=1S/C21H15NO4/c23-19-16-9-3-4-10-17(16)20(24)22(19)12-18(21(25)26)15-11-5-7-13-6-1-2-8-14(13)15/h1-11,18H,12H2,(H,25,26)/t18-/m1/s1. The van der Waals surface area contributed by atoms with Crippen molar-refractivity contribution in [3.05, 3.63) is 83.4 Å². The Hall–Kier alpha value is -3.47. The summed E-state index contributed by atoms with van der Waals surface area (Å²) in [4.78, 5) is 38.1. The zero-order valence-electron chi connectivity index (χ0n) is 13.8. The molecule has 3 aromatic carbocycles. The van der Waals surface area contributed by atoms with Crippen LogP contribution in [-0.2, 0) is 4.79 Å². The van der Waals surface area contributed by atoms with Crippen LogP contribution in [0.2, 0.25) is 0 Å². The maximum atomic E-state index is 12.6. The lowest BCUT2D eigenvalue weighted by atomic mass is 9.93. The van der Waals surface area contributed by atoms with Crippen molar-refractivity contribution < 1.29 is 19.5 Å². The van der Waals surface area contributed by atoms with Crippen molar-refractivity contribution >= 4 is 28.6 Å². The van der Waals surface area contributed by atoms with Crippen LogP contribution in [0.15, 0.2) is 66.7 Å². The first-order valence-corrected chi connectivity index (χ1v) is 8.23. The normalized spacial score (nSPS) is 14.5. The highest BCUT2D eigenvalue weighted by molar-refractivity contribution is 6.21. The van der Waals surface area contributed by atoms with Crippen LogP contribution in [0.25, 0.3) is 10.8 Å². The van der Waals surface area contributed by atoms with Gasteiger partial charge in [0.2, 0.25) is 0 Å². The van der Waals surface area contributed by atoms with E-state index in [-0.39, 0.29) is 6.54 Å². The van der Waals surface area contributed by atoms with Gasteiger partial charge in [0.05, 0.1) is 11.1 Å². The van der Waals surface area contributed by atoms with Crippen LogP contribution in [0.3, 0.4) is 0 Å². The van der Waals surface area contributed by atoms with Crippen LogP contribution in [0.4, 0.5) is 0 Å². The fourth-order valence-corrected chi connectivity index (χ4v) is 3.45. The Morgan fingerprint density at radius 3 is 2.08 bits per heavy atom. The van der Waals surface area contributed by atoms with Gasteiger partial charge in [-0.05, 0) is 28.5 Å². The van der Waals surface area contributed by atoms with Crippen molar-refractivity contribution in [3.8, 4) is 0 Å². The lowest BCUT2D eigenvalue weighted by Gasteiger charge is -2.21. The highest BCUT2D eigenvalue weighted by atomic mass is 16.4. The molecule has 0 saturated carbocycles. The molecule has 2 amide bonds. The average Bonchev–Trinajstić information content (AvgIpc) is 2.90. The minimum Gasteiger partial charge on any atom is -0.481 e. The van der Waals surface area contributed by atoms with E-state index in [2.05, 4.69) is 0 Å². The summed E-state index contributed by atoms with van der Waals surface area (Å²) in [6, 6.07) is 19.4. The molecule has 1 N–H and O–H groups in total. The van der Waals surface area contributed by atoms with Gasteiger partial charge < -0.3 is 5.11 Å². The number of hydrogen-bond acceptors (Lipinski definition) is 3. The number of nitrogens with zero attached hydrogens (tertiary/aromatic N) is 1. The number of hydrogen-bond donors (Lipinski definition) is 1. The van der Waals surface area contributed by atoms with E-state index in [4.69, 9.17) is 0 Å². The highest BCUT2D eigenvalue weighted by Crippen LogP contribution is 2.30. The lowest BCUT2D eigenvalue weighted by molar-refractivity contribution is -0.138. The summed E-state index contributed by atoms with van der Waals surface area (Å²) in [5.74, 6) is -2.96. The molecule has 0 radical (unpaired) electrons. The van der Waals surface area contributed by atoms with Gasteiger partial charge in [0.1, 0.15) is 5.92 Å². The van der Waals surface area contributed by atoms with Gasteiger partial charge >= 0.3 is 5.97 Å². The van der Waals surface area contributed by atoms with Crippen LogP contribution in [0, 0.1) is 0 Å². The number of imide groups is 1.